The average molecular weight is 398 g/mol. The smallest absolute Gasteiger partial charge is 0.238 e. The number of amides is 1. The minimum absolute atomic E-state index is 0.0417. The zero-order valence-corrected chi connectivity index (χ0v) is 17.6. The fraction of sp³-hybridized carbons (Fsp3) is 0.435. The van der Waals surface area contributed by atoms with E-state index in [1.54, 1.807) is 26.4 Å². The quantitative estimate of drug-likeness (QED) is 0.704. The number of benzene rings is 2. The highest BCUT2D eigenvalue weighted by molar-refractivity contribution is 5.94. The number of anilines is 1. The highest BCUT2D eigenvalue weighted by Gasteiger charge is 2.28. The lowest BCUT2D eigenvalue weighted by Gasteiger charge is -2.27. The van der Waals surface area contributed by atoms with Gasteiger partial charge in [0, 0.05) is 31.7 Å². The van der Waals surface area contributed by atoms with Crippen LogP contribution in [-0.2, 0) is 11.3 Å². The zero-order chi connectivity index (χ0) is 20.6. The normalized spacial score (nSPS) is 16.8. The van der Waals surface area contributed by atoms with E-state index in [0.29, 0.717) is 29.8 Å². The summed E-state index contributed by atoms with van der Waals surface area (Å²) in [7, 11) is 3.20. The van der Waals surface area contributed by atoms with Gasteiger partial charge in [0.2, 0.25) is 5.91 Å². The summed E-state index contributed by atoms with van der Waals surface area (Å²) in [6.07, 6.45) is 1.08. The lowest BCUT2D eigenvalue weighted by Crippen LogP contribution is -2.42. The molecule has 29 heavy (non-hydrogen) atoms. The first-order chi connectivity index (χ1) is 14.1. The summed E-state index contributed by atoms with van der Waals surface area (Å²) >= 11 is 0. The van der Waals surface area contributed by atoms with E-state index in [0.717, 1.165) is 32.6 Å². The maximum atomic E-state index is 12.7. The third-order valence-electron chi connectivity index (χ3n) is 5.45. The summed E-state index contributed by atoms with van der Waals surface area (Å²) in [5, 5.41) is 2.98. The van der Waals surface area contributed by atoms with Gasteiger partial charge in [-0.3, -0.25) is 14.6 Å². The molecule has 1 fully saturated rings. The molecule has 3 rings (SSSR count). The largest absolute Gasteiger partial charge is 0.497 e. The van der Waals surface area contributed by atoms with Crippen molar-refractivity contribution in [2.24, 2.45) is 0 Å². The number of likely N-dealkylation sites (N-methyl/N-ethyl adjacent to an activating group) is 1. The SMILES string of the molecule is CCN(CC(=O)Nc1cc(OC)ccc1OC)[C@H]1CCN(Cc2ccccc2)C1. The molecule has 0 radical (unpaired) electrons. The van der Waals surface area contributed by atoms with Crippen molar-refractivity contribution in [3.05, 3.63) is 54.1 Å². The Bertz CT molecular complexity index is 797. The monoisotopic (exact) mass is 397 g/mol. The van der Waals surface area contributed by atoms with Crippen LogP contribution in [-0.4, -0.2) is 62.1 Å². The molecule has 6 heteroatoms. The van der Waals surface area contributed by atoms with E-state index in [1.165, 1.54) is 5.56 Å². The fourth-order valence-electron chi connectivity index (χ4n) is 3.88. The number of ether oxygens (including phenoxy) is 2. The maximum absolute atomic E-state index is 12.7. The first kappa shape index (κ1) is 21.1. The molecule has 6 nitrogen and oxygen atoms in total. The third kappa shape index (κ3) is 5.71. The molecular formula is C23H31N3O3. The Morgan fingerprint density at radius 2 is 1.97 bits per heavy atom. The minimum atomic E-state index is -0.0417. The molecule has 1 heterocycles. The molecule has 2 aromatic rings. The van der Waals surface area contributed by atoms with Crippen LogP contribution in [0.15, 0.2) is 48.5 Å². The number of carbonyl (C=O) groups excluding carboxylic acids is 1. The Hall–Kier alpha value is -2.57. The van der Waals surface area contributed by atoms with Gasteiger partial charge >= 0.3 is 0 Å². The molecule has 1 saturated heterocycles. The standard InChI is InChI=1S/C23H31N3O3/c1-4-26(19-12-13-25(16-19)15-18-8-6-5-7-9-18)17-23(27)24-21-14-20(28-2)10-11-22(21)29-3/h5-11,14,19H,4,12-13,15-17H2,1-3H3,(H,24,27)/t19-/m0/s1. The van der Waals surface area contributed by atoms with Crippen molar-refractivity contribution in [3.8, 4) is 11.5 Å². The predicted molar refractivity (Wildman–Crippen MR) is 116 cm³/mol. The Labute approximate surface area is 173 Å². The first-order valence-corrected chi connectivity index (χ1v) is 10.1. The summed E-state index contributed by atoms with van der Waals surface area (Å²) in [6.45, 7) is 6.31. The van der Waals surface area contributed by atoms with Gasteiger partial charge in [-0.05, 0) is 30.7 Å². The average Bonchev–Trinajstić information content (AvgIpc) is 3.20. The number of hydrogen-bond acceptors (Lipinski definition) is 5. The van der Waals surface area contributed by atoms with E-state index >= 15 is 0 Å². The van der Waals surface area contributed by atoms with Crippen LogP contribution in [0.3, 0.4) is 0 Å². The molecule has 0 aromatic heterocycles. The van der Waals surface area contributed by atoms with Gasteiger partial charge in [0.1, 0.15) is 11.5 Å². The summed E-state index contributed by atoms with van der Waals surface area (Å²) in [5.41, 5.74) is 1.96. The van der Waals surface area contributed by atoms with Gasteiger partial charge in [-0.25, -0.2) is 0 Å². The number of methoxy groups -OCH3 is 2. The number of rotatable bonds is 9. The Balaban J connectivity index is 1.56. The van der Waals surface area contributed by atoms with Crippen molar-refractivity contribution >= 4 is 11.6 Å². The van der Waals surface area contributed by atoms with Crippen molar-refractivity contribution in [3.63, 3.8) is 0 Å². The molecule has 1 aliphatic rings. The summed E-state index contributed by atoms with van der Waals surface area (Å²) in [6, 6.07) is 16.3. The number of carbonyl (C=O) groups is 1. The van der Waals surface area contributed by atoms with E-state index in [1.807, 2.05) is 12.1 Å². The lowest BCUT2D eigenvalue weighted by molar-refractivity contribution is -0.117. The van der Waals surface area contributed by atoms with E-state index in [2.05, 4.69) is 46.3 Å². The molecule has 0 aliphatic carbocycles. The molecule has 0 saturated carbocycles. The maximum Gasteiger partial charge on any atom is 0.238 e. The summed E-state index contributed by atoms with van der Waals surface area (Å²) in [5.74, 6) is 1.26. The molecule has 1 amide bonds. The molecule has 0 unspecified atom stereocenters. The van der Waals surface area contributed by atoms with Crippen LogP contribution < -0.4 is 14.8 Å². The Kier molecular flexibility index (Phi) is 7.49. The van der Waals surface area contributed by atoms with E-state index < -0.39 is 0 Å². The topological polar surface area (TPSA) is 54.0 Å². The van der Waals surface area contributed by atoms with Crippen LogP contribution in [0.25, 0.3) is 0 Å². The van der Waals surface area contributed by atoms with Gasteiger partial charge in [0.15, 0.2) is 0 Å². The predicted octanol–water partition coefficient (Wildman–Crippen LogP) is 3.24. The Morgan fingerprint density at radius 1 is 1.17 bits per heavy atom. The van der Waals surface area contributed by atoms with Gasteiger partial charge in [0.05, 0.1) is 26.5 Å². The molecule has 1 aliphatic heterocycles. The number of hydrogen-bond donors (Lipinski definition) is 1. The molecule has 1 atom stereocenters. The fourth-order valence-corrected chi connectivity index (χ4v) is 3.88. The van der Waals surface area contributed by atoms with Crippen LogP contribution in [0.4, 0.5) is 5.69 Å². The number of nitrogens with one attached hydrogen (secondary N) is 1. The lowest BCUT2D eigenvalue weighted by atomic mass is 10.2. The van der Waals surface area contributed by atoms with Gasteiger partial charge < -0.3 is 14.8 Å². The van der Waals surface area contributed by atoms with E-state index in [4.69, 9.17) is 9.47 Å². The van der Waals surface area contributed by atoms with Crippen LogP contribution in [0, 0.1) is 0 Å². The molecular weight excluding hydrogens is 366 g/mol. The van der Waals surface area contributed by atoms with Gasteiger partial charge in [-0.1, -0.05) is 37.3 Å². The molecule has 0 spiro atoms. The van der Waals surface area contributed by atoms with E-state index in [-0.39, 0.29) is 5.91 Å². The molecule has 2 aromatic carbocycles. The number of nitrogens with zero attached hydrogens (tertiary/aromatic N) is 2. The highest BCUT2D eigenvalue weighted by atomic mass is 16.5. The van der Waals surface area contributed by atoms with E-state index in [9.17, 15) is 4.79 Å². The first-order valence-electron chi connectivity index (χ1n) is 10.1. The number of likely N-dealkylation sites (tertiary alicyclic amines) is 1. The van der Waals surface area contributed by atoms with Crippen molar-refractivity contribution in [1.29, 1.82) is 0 Å². The summed E-state index contributed by atoms with van der Waals surface area (Å²) < 4.78 is 10.6. The van der Waals surface area contributed by atoms with Crippen LogP contribution in [0.2, 0.25) is 0 Å². The van der Waals surface area contributed by atoms with Crippen LogP contribution in [0.5, 0.6) is 11.5 Å². The molecule has 0 bridgehead atoms. The second kappa shape index (κ2) is 10.3. The second-order valence-electron chi connectivity index (χ2n) is 7.34. The molecule has 156 valence electrons. The second-order valence-corrected chi connectivity index (χ2v) is 7.34. The highest BCUT2D eigenvalue weighted by Crippen LogP contribution is 2.29. The van der Waals surface area contributed by atoms with Gasteiger partial charge in [-0.2, -0.15) is 0 Å². The van der Waals surface area contributed by atoms with Crippen molar-refractivity contribution in [2.75, 3.05) is 45.7 Å². The summed E-state index contributed by atoms with van der Waals surface area (Å²) in [4.78, 5) is 17.4. The van der Waals surface area contributed by atoms with Crippen LogP contribution in [0.1, 0.15) is 18.9 Å². The Morgan fingerprint density at radius 3 is 2.66 bits per heavy atom. The van der Waals surface area contributed by atoms with Gasteiger partial charge in [0.25, 0.3) is 0 Å². The minimum Gasteiger partial charge on any atom is -0.497 e. The van der Waals surface area contributed by atoms with Gasteiger partial charge in [-0.15, -0.1) is 0 Å². The third-order valence-corrected chi connectivity index (χ3v) is 5.45. The van der Waals surface area contributed by atoms with Crippen molar-refractivity contribution in [1.82, 2.24) is 9.80 Å². The zero-order valence-electron chi connectivity index (χ0n) is 17.6. The van der Waals surface area contributed by atoms with Crippen LogP contribution >= 0.6 is 0 Å². The van der Waals surface area contributed by atoms with Crippen molar-refractivity contribution < 1.29 is 14.3 Å². The molecule has 1 N–H and O–H groups in total. The van der Waals surface area contributed by atoms with Crippen molar-refractivity contribution in [2.45, 2.75) is 25.9 Å².